The van der Waals surface area contributed by atoms with Gasteiger partial charge in [0.2, 0.25) is 0 Å². The molecular weight excluding hydrogens is 570 g/mol. The Balaban J connectivity index is 1.19. The molecule has 246 valence electrons. The van der Waals surface area contributed by atoms with Crippen molar-refractivity contribution in [1.29, 1.82) is 0 Å². The van der Waals surface area contributed by atoms with Gasteiger partial charge in [-0.15, -0.1) is 0 Å². The molecule has 4 fully saturated rings. The van der Waals surface area contributed by atoms with Crippen LogP contribution >= 0.6 is 0 Å². The predicted molar refractivity (Wildman–Crippen MR) is 184 cm³/mol. The number of amides is 1. The summed E-state index contributed by atoms with van der Waals surface area (Å²) in [6.07, 6.45) is 12.5. The molecule has 0 bridgehead atoms. The van der Waals surface area contributed by atoms with E-state index < -0.39 is 17.8 Å². The van der Waals surface area contributed by atoms with Crippen molar-refractivity contribution in [3.63, 3.8) is 0 Å². The number of benzene rings is 2. The second-order valence-corrected chi connectivity index (χ2v) is 15.2. The van der Waals surface area contributed by atoms with Crippen LogP contribution in [-0.2, 0) is 17.6 Å². The number of carbonyl (C=O) groups excluding carboxylic acids is 1. The van der Waals surface area contributed by atoms with E-state index in [0.29, 0.717) is 50.0 Å². The number of nitrogens with zero attached hydrogens (tertiary/aromatic N) is 1. The SMILES string of the molecule is C=C1/C(=C\C=C2/CCC[C@]3(C)[C@@H]([C@H](C)CC4CC(O)(Cc5ccccc5)C(=O)N4CCc4ccccc4)CC[C@@H]23)C[C@@H](O)C[C@@H]1O. The molecule has 5 nitrogen and oxygen atoms in total. The fourth-order valence-electron chi connectivity index (χ4n) is 9.76. The van der Waals surface area contributed by atoms with E-state index in [0.717, 1.165) is 36.0 Å². The van der Waals surface area contributed by atoms with Crippen LogP contribution in [0, 0.1) is 23.2 Å². The van der Waals surface area contributed by atoms with E-state index in [9.17, 15) is 20.1 Å². The highest BCUT2D eigenvalue weighted by Gasteiger charge is 2.54. The monoisotopic (exact) mass is 623 g/mol. The Labute approximate surface area is 275 Å². The third-order valence-electron chi connectivity index (χ3n) is 12.1. The van der Waals surface area contributed by atoms with Crippen LogP contribution in [0.25, 0.3) is 0 Å². The first-order chi connectivity index (χ1) is 22.1. The van der Waals surface area contributed by atoms with Crippen LogP contribution < -0.4 is 0 Å². The normalized spacial score (nSPS) is 35.6. The van der Waals surface area contributed by atoms with E-state index in [1.807, 2.05) is 53.4 Å². The van der Waals surface area contributed by atoms with Crippen molar-refractivity contribution >= 4 is 5.91 Å². The number of aliphatic hydroxyl groups excluding tert-OH is 2. The van der Waals surface area contributed by atoms with Crippen molar-refractivity contribution in [2.75, 3.05) is 6.54 Å². The minimum absolute atomic E-state index is 0.0149. The van der Waals surface area contributed by atoms with Crippen molar-refractivity contribution in [2.45, 2.75) is 108 Å². The maximum Gasteiger partial charge on any atom is 0.255 e. The Hall–Kier alpha value is -2.99. The van der Waals surface area contributed by atoms with Gasteiger partial charge in [-0.1, -0.05) is 98.8 Å². The lowest BCUT2D eigenvalue weighted by Gasteiger charge is -2.45. The first-order valence-corrected chi connectivity index (χ1v) is 17.6. The summed E-state index contributed by atoms with van der Waals surface area (Å²) >= 11 is 0. The largest absolute Gasteiger partial charge is 0.393 e. The minimum atomic E-state index is -1.37. The van der Waals surface area contributed by atoms with E-state index in [4.69, 9.17) is 0 Å². The molecule has 0 radical (unpaired) electrons. The molecule has 0 aromatic heterocycles. The van der Waals surface area contributed by atoms with E-state index in [1.165, 1.54) is 36.8 Å². The van der Waals surface area contributed by atoms with Crippen LogP contribution in [-0.4, -0.2) is 56.5 Å². The highest BCUT2D eigenvalue weighted by atomic mass is 16.3. The molecule has 1 amide bonds. The summed E-state index contributed by atoms with van der Waals surface area (Å²) in [6, 6.07) is 20.3. The Bertz CT molecular complexity index is 1450. The predicted octanol–water partition coefficient (Wildman–Crippen LogP) is 6.97. The summed E-state index contributed by atoms with van der Waals surface area (Å²) in [5, 5.41) is 32.4. The molecule has 1 heterocycles. The first-order valence-electron chi connectivity index (χ1n) is 17.6. The summed E-state index contributed by atoms with van der Waals surface area (Å²) in [4.78, 5) is 16.0. The van der Waals surface area contributed by atoms with Gasteiger partial charge in [0.25, 0.3) is 5.91 Å². The average Bonchev–Trinajstić information content (AvgIpc) is 3.51. The number of allylic oxidation sites excluding steroid dienone is 3. The molecule has 6 rings (SSSR count). The van der Waals surface area contributed by atoms with Gasteiger partial charge < -0.3 is 20.2 Å². The van der Waals surface area contributed by atoms with E-state index in [1.54, 1.807) is 0 Å². The van der Waals surface area contributed by atoms with Crippen LogP contribution in [0.2, 0.25) is 0 Å². The number of likely N-dealkylation sites (tertiary alicyclic amines) is 1. The van der Waals surface area contributed by atoms with Gasteiger partial charge >= 0.3 is 0 Å². The van der Waals surface area contributed by atoms with Gasteiger partial charge in [-0.2, -0.15) is 0 Å². The summed E-state index contributed by atoms with van der Waals surface area (Å²) in [6.45, 7) is 9.62. The van der Waals surface area contributed by atoms with E-state index >= 15 is 0 Å². The molecule has 5 heteroatoms. The van der Waals surface area contributed by atoms with Crippen LogP contribution in [0.15, 0.2) is 96.1 Å². The number of aliphatic hydroxyl groups is 3. The second kappa shape index (κ2) is 13.6. The zero-order valence-corrected chi connectivity index (χ0v) is 27.8. The van der Waals surface area contributed by atoms with Gasteiger partial charge in [-0.05, 0) is 96.8 Å². The Morgan fingerprint density at radius 3 is 2.43 bits per heavy atom. The maximum absolute atomic E-state index is 14.0. The lowest BCUT2D eigenvalue weighted by Crippen LogP contribution is -2.43. The Morgan fingerprint density at radius 2 is 1.72 bits per heavy atom. The molecule has 0 spiro atoms. The second-order valence-electron chi connectivity index (χ2n) is 15.2. The molecule has 1 aliphatic heterocycles. The van der Waals surface area contributed by atoms with Gasteiger partial charge in [-0.3, -0.25) is 4.79 Å². The molecule has 3 saturated carbocycles. The number of carbonyl (C=O) groups is 1. The lowest BCUT2D eigenvalue weighted by molar-refractivity contribution is -0.143. The van der Waals surface area contributed by atoms with Crippen molar-refractivity contribution in [3.05, 3.63) is 107 Å². The molecule has 46 heavy (non-hydrogen) atoms. The molecule has 8 atom stereocenters. The van der Waals surface area contributed by atoms with Crippen molar-refractivity contribution in [1.82, 2.24) is 4.90 Å². The number of hydrogen-bond donors (Lipinski definition) is 3. The molecule has 2 aromatic carbocycles. The molecule has 3 aliphatic carbocycles. The maximum atomic E-state index is 14.0. The van der Waals surface area contributed by atoms with E-state index in [2.05, 4.69) is 44.7 Å². The molecular formula is C41H53NO4. The van der Waals surface area contributed by atoms with Crippen LogP contribution in [0.4, 0.5) is 0 Å². The number of rotatable bonds is 9. The van der Waals surface area contributed by atoms with Gasteiger partial charge in [0.15, 0.2) is 0 Å². The Kier molecular flexibility index (Phi) is 9.75. The molecule has 2 aromatic rings. The van der Waals surface area contributed by atoms with Crippen LogP contribution in [0.3, 0.4) is 0 Å². The van der Waals surface area contributed by atoms with Crippen molar-refractivity contribution < 1.29 is 20.1 Å². The quantitative estimate of drug-likeness (QED) is 0.282. The van der Waals surface area contributed by atoms with Gasteiger partial charge in [-0.25, -0.2) is 0 Å². The standard InChI is InChI=1S/C41H53NO4/c1-28(36-18-19-37-32(15-10-21-40(36,37)3)16-17-33-24-35(43)25-38(44)29(33)2)23-34-27-41(46,26-31-13-8-5-9-14-31)39(45)42(34)22-20-30-11-6-4-7-12-30/h4-9,11-14,16-17,28,34-38,43-44,46H,2,10,15,18-27H2,1,3H3/b32-16+,33-17-/t28-,34?,35-,36-,37+,38+,40-,41?/m1/s1. The van der Waals surface area contributed by atoms with Crippen molar-refractivity contribution in [2.24, 2.45) is 23.2 Å². The molecule has 2 unspecified atom stereocenters. The van der Waals surface area contributed by atoms with Crippen LogP contribution in [0.1, 0.15) is 82.8 Å². The zero-order valence-electron chi connectivity index (χ0n) is 27.8. The molecule has 1 saturated heterocycles. The highest BCUT2D eigenvalue weighted by molar-refractivity contribution is 5.88. The lowest BCUT2D eigenvalue weighted by atomic mass is 9.60. The highest BCUT2D eigenvalue weighted by Crippen LogP contribution is 2.60. The van der Waals surface area contributed by atoms with Gasteiger partial charge in [0.05, 0.1) is 12.2 Å². The van der Waals surface area contributed by atoms with Gasteiger partial charge in [0.1, 0.15) is 5.60 Å². The van der Waals surface area contributed by atoms with E-state index in [-0.39, 0.29) is 17.4 Å². The Morgan fingerprint density at radius 1 is 1.02 bits per heavy atom. The zero-order chi connectivity index (χ0) is 32.5. The average molecular weight is 624 g/mol. The van der Waals surface area contributed by atoms with Crippen LogP contribution in [0.5, 0.6) is 0 Å². The smallest absolute Gasteiger partial charge is 0.255 e. The molecule has 4 aliphatic rings. The fraction of sp³-hybridized carbons (Fsp3) is 0.537. The van der Waals surface area contributed by atoms with Crippen molar-refractivity contribution in [3.8, 4) is 0 Å². The summed E-state index contributed by atoms with van der Waals surface area (Å²) in [7, 11) is 0. The third-order valence-corrected chi connectivity index (χ3v) is 12.1. The molecule has 3 N–H and O–H groups in total. The first kappa shape index (κ1) is 32.9. The fourth-order valence-corrected chi connectivity index (χ4v) is 9.76. The summed E-state index contributed by atoms with van der Waals surface area (Å²) < 4.78 is 0. The van der Waals surface area contributed by atoms with Gasteiger partial charge in [0, 0.05) is 31.8 Å². The number of fused-ring (bicyclic) bond motifs is 1. The third kappa shape index (κ3) is 6.70. The topological polar surface area (TPSA) is 81.0 Å². The number of hydrogen-bond acceptors (Lipinski definition) is 4. The summed E-state index contributed by atoms with van der Waals surface area (Å²) in [5.41, 5.74) is 4.25. The minimum Gasteiger partial charge on any atom is -0.393 e. The summed E-state index contributed by atoms with van der Waals surface area (Å²) in [5.74, 6) is 1.38.